The summed E-state index contributed by atoms with van der Waals surface area (Å²) in [4.78, 5) is 0. The molecule has 0 N–H and O–H groups in total. The highest BCUT2D eigenvalue weighted by Crippen LogP contribution is 2.23. The van der Waals surface area contributed by atoms with Crippen LogP contribution in [0.5, 0.6) is 0 Å². The Bertz CT molecular complexity index is 190. The number of allylic oxidation sites excluding steroid dienone is 2. The van der Waals surface area contributed by atoms with Gasteiger partial charge < -0.3 is 0 Å². The lowest BCUT2D eigenvalue weighted by Crippen LogP contribution is -2.08. The van der Waals surface area contributed by atoms with Crippen molar-refractivity contribution in [1.29, 1.82) is 0 Å². The molecule has 0 saturated heterocycles. The molecule has 0 rings (SSSR count). The summed E-state index contributed by atoms with van der Waals surface area (Å²) < 4.78 is 0. The molecule has 0 amide bonds. The summed E-state index contributed by atoms with van der Waals surface area (Å²) >= 11 is 21.2. The molecule has 0 radical (unpaired) electrons. The standard InChI is InChI=1S/C10H16BrCl3/c1-7(2)9(13)4-3-8(5-11)10(14)6-12/h7,9H,3-6H2,1-2H3/b10-8+/t9-/m1/s1. The predicted molar refractivity (Wildman–Crippen MR) is 71.1 cm³/mol. The fraction of sp³-hybridized carbons (Fsp3) is 0.800. The zero-order valence-electron chi connectivity index (χ0n) is 8.49. The van der Waals surface area contributed by atoms with Gasteiger partial charge in [-0.1, -0.05) is 41.4 Å². The van der Waals surface area contributed by atoms with Gasteiger partial charge in [0, 0.05) is 15.7 Å². The SMILES string of the molecule is CC(C)[C@H](Cl)CC/C(CBr)=C(\Cl)CCl. The van der Waals surface area contributed by atoms with Crippen LogP contribution in [0.3, 0.4) is 0 Å². The van der Waals surface area contributed by atoms with Crippen molar-refractivity contribution in [2.75, 3.05) is 11.2 Å². The molecule has 0 aliphatic heterocycles. The Kier molecular flexibility index (Phi) is 8.91. The number of hydrogen-bond acceptors (Lipinski definition) is 0. The topological polar surface area (TPSA) is 0 Å². The molecule has 0 aliphatic carbocycles. The summed E-state index contributed by atoms with van der Waals surface area (Å²) in [5.41, 5.74) is 1.16. The maximum Gasteiger partial charge on any atom is 0.0581 e. The second-order valence-corrected chi connectivity index (χ2v) is 5.42. The second-order valence-electron chi connectivity index (χ2n) is 3.57. The number of hydrogen-bond donors (Lipinski definition) is 0. The third kappa shape index (κ3) is 5.85. The average molecular weight is 323 g/mol. The van der Waals surface area contributed by atoms with Gasteiger partial charge in [0.05, 0.1) is 5.88 Å². The molecule has 0 unspecified atom stereocenters. The normalized spacial score (nSPS) is 15.6. The number of halogens is 4. The first-order valence-corrected chi connectivity index (χ1v) is 7.12. The monoisotopic (exact) mass is 320 g/mol. The Morgan fingerprint density at radius 1 is 1.36 bits per heavy atom. The van der Waals surface area contributed by atoms with Crippen molar-refractivity contribution in [1.82, 2.24) is 0 Å². The Morgan fingerprint density at radius 3 is 2.29 bits per heavy atom. The van der Waals surface area contributed by atoms with Crippen LogP contribution in [0.4, 0.5) is 0 Å². The van der Waals surface area contributed by atoms with Crippen LogP contribution < -0.4 is 0 Å². The van der Waals surface area contributed by atoms with E-state index in [1.807, 2.05) is 0 Å². The summed E-state index contributed by atoms with van der Waals surface area (Å²) in [5.74, 6) is 0.889. The van der Waals surface area contributed by atoms with E-state index >= 15 is 0 Å². The van der Waals surface area contributed by atoms with E-state index in [9.17, 15) is 0 Å². The third-order valence-electron chi connectivity index (χ3n) is 2.11. The first-order chi connectivity index (χ1) is 6.52. The predicted octanol–water partition coefficient (Wildman–Crippen LogP) is 5.16. The molecule has 0 nitrogen and oxygen atoms in total. The van der Waals surface area contributed by atoms with Gasteiger partial charge in [0.15, 0.2) is 0 Å². The second kappa shape index (κ2) is 8.27. The average Bonchev–Trinajstić information content (AvgIpc) is 2.17. The van der Waals surface area contributed by atoms with Crippen LogP contribution >= 0.6 is 50.7 Å². The van der Waals surface area contributed by atoms with Crippen molar-refractivity contribution < 1.29 is 0 Å². The van der Waals surface area contributed by atoms with Crippen molar-refractivity contribution >= 4 is 50.7 Å². The van der Waals surface area contributed by atoms with Gasteiger partial charge in [-0.15, -0.1) is 23.2 Å². The molecule has 14 heavy (non-hydrogen) atoms. The van der Waals surface area contributed by atoms with Gasteiger partial charge in [0.25, 0.3) is 0 Å². The van der Waals surface area contributed by atoms with E-state index in [0.29, 0.717) is 11.8 Å². The molecule has 4 heteroatoms. The first-order valence-electron chi connectivity index (χ1n) is 4.65. The fourth-order valence-electron chi connectivity index (χ4n) is 1.01. The van der Waals surface area contributed by atoms with Crippen LogP contribution in [-0.4, -0.2) is 16.6 Å². The molecular formula is C10H16BrCl3. The Balaban J connectivity index is 4.09. The minimum atomic E-state index is 0.212. The van der Waals surface area contributed by atoms with Crippen LogP contribution in [0.15, 0.2) is 10.6 Å². The molecule has 0 fully saturated rings. The van der Waals surface area contributed by atoms with Crippen molar-refractivity contribution in [2.45, 2.75) is 32.1 Å². The number of rotatable bonds is 6. The van der Waals surface area contributed by atoms with Gasteiger partial charge in [0.1, 0.15) is 0 Å². The summed E-state index contributed by atoms with van der Waals surface area (Å²) in [5, 5.41) is 1.74. The van der Waals surface area contributed by atoms with Crippen LogP contribution in [0.25, 0.3) is 0 Å². The van der Waals surface area contributed by atoms with Crippen LogP contribution in [0, 0.1) is 5.92 Å². The van der Waals surface area contributed by atoms with E-state index in [2.05, 4.69) is 29.8 Å². The summed E-state index contributed by atoms with van der Waals surface area (Å²) in [6.45, 7) is 4.25. The lowest BCUT2D eigenvalue weighted by Gasteiger charge is -2.14. The Hall–Kier alpha value is 1.09. The molecule has 1 atom stereocenters. The molecule has 0 aromatic carbocycles. The minimum absolute atomic E-state index is 0.212. The van der Waals surface area contributed by atoms with Crippen molar-refractivity contribution in [3.8, 4) is 0 Å². The van der Waals surface area contributed by atoms with Gasteiger partial charge in [-0.3, -0.25) is 0 Å². The molecule has 0 heterocycles. The van der Waals surface area contributed by atoms with Crippen LogP contribution in [0.1, 0.15) is 26.7 Å². The minimum Gasteiger partial charge on any atom is -0.123 e. The van der Waals surface area contributed by atoms with Crippen molar-refractivity contribution in [2.24, 2.45) is 5.92 Å². The maximum absolute atomic E-state index is 6.15. The zero-order valence-corrected chi connectivity index (χ0v) is 12.3. The highest BCUT2D eigenvalue weighted by atomic mass is 79.9. The molecular weight excluding hydrogens is 306 g/mol. The molecule has 0 aromatic heterocycles. The van der Waals surface area contributed by atoms with Gasteiger partial charge >= 0.3 is 0 Å². The van der Waals surface area contributed by atoms with E-state index in [0.717, 1.165) is 28.8 Å². The highest BCUT2D eigenvalue weighted by molar-refractivity contribution is 9.09. The van der Waals surface area contributed by atoms with E-state index in [-0.39, 0.29) is 5.38 Å². The van der Waals surface area contributed by atoms with Crippen molar-refractivity contribution in [3.63, 3.8) is 0 Å². The molecule has 0 aliphatic rings. The van der Waals surface area contributed by atoms with Gasteiger partial charge in [-0.2, -0.15) is 0 Å². The molecule has 0 spiro atoms. The van der Waals surface area contributed by atoms with Crippen molar-refractivity contribution in [3.05, 3.63) is 10.6 Å². The van der Waals surface area contributed by atoms with E-state index in [1.54, 1.807) is 0 Å². The maximum atomic E-state index is 6.15. The molecule has 0 bridgehead atoms. The van der Waals surface area contributed by atoms with Gasteiger partial charge in [-0.25, -0.2) is 0 Å². The van der Waals surface area contributed by atoms with E-state index in [1.165, 1.54) is 0 Å². The van der Waals surface area contributed by atoms with Crippen LogP contribution in [-0.2, 0) is 0 Å². The number of alkyl halides is 3. The quantitative estimate of drug-likeness (QED) is 0.593. The smallest absolute Gasteiger partial charge is 0.0581 e. The third-order valence-corrected chi connectivity index (χ3v) is 4.31. The lowest BCUT2D eigenvalue weighted by molar-refractivity contribution is 0.564. The largest absolute Gasteiger partial charge is 0.123 e. The van der Waals surface area contributed by atoms with E-state index < -0.39 is 0 Å². The zero-order chi connectivity index (χ0) is 11.1. The Morgan fingerprint density at radius 2 is 1.93 bits per heavy atom. The molecule has 0 saturated carbocycles. The summed E-state index contributed by atoms with van der Waals surface area (Å²) in [6, 6.07) is 0. The molecule has 84 valence electrons. The lowest BCUT2D eigenvalue weighted by atomic mass is 10.0. The fourth-order valence-corrected chi connectivity index (χ4v) is 2.25. The van der Waals surface area contributed by atoms with Crippen LogP contribution in [0.2, 0.25) is 0 Å². The first kappa shape index (κ1) is 15.1. The van der Waals surface area contributed by atoms with Gasteiger partial charge in [0.2, 0.25) is 0 Å². The highest BCUT2D eigenvalue weighted by Gasteiger charge is 2.11. The molecule has 0 aromatic rings. The Labute approximate surface area is 110 Å². The van der Waals surface area contributed by atoms with Gasteiger partial charge in [-0.05, 0) is 24.3 Å². The summed E-state index contributed by atoms with van der Waals surface area (Å²) in [7, 11) is 0. The summed E-state index contributed by atoms with van der Waals surface area (Å²) in [6.07, 6.45) is 1.87. The van der Waals surface area contributed by atoms with E-state index in [4.69, 9.17) is 34.8 Å².